The summed E-state index contributed by atoms with van der Waals surface area (Å²) in [4.78, 5) is 29.9. The lowest BCUT2D eigenvalue weighted by Gasteiger charge is -2.26. The Morgan fingerprint density at radius 1 is 1.21 bits per heavy atom. The van der Waals surface area contributed by atoms with Gasteiger partial charge in [0.2, 0.25) is 11.5 Å². The van der Waals surface area contributed by atoms with Crippen molar-refractivity contribution in [3.63, 3.8) is 0 Å². The Morgan fingerprint density at radius 3 is 2.25 bits per heavy atom. The molecule has 1 heterocycles. The van der Waals surface area contributed by atoms with Crippen LogP contribution < -0.4 is 5.32 Å². The number of amides is 2. The van der Waals surface area contributed by atoms with E-state index in [1.165, 1.54) is 5.56 Å². The lowest BCUT2D eigenvalue weighted by molar-refractivity contribution is -0.149. The molecule has 1 aliphatic rings. The number of imide groups is 1. The van der Waals surface area contributed by atoms with Crippen LogP contribution in [0.3, 0.4) is 0 Å². The number of rotatable bonds is 3. The summed E-state index contributed by atoms with van der Waals surface area (Å²) in [6, 6.07) is 4.19. The van der Waals surface area contributed by atoms with E-state index < -0.39 is 11.5 Å². The molecule has 24 heavy (non-hydrogen) atoms. The highest BCUT2D eigenvalue weighted by atomic mass is 16.7. The summed E-state index contributed by atoms with van der Waals surface area (Å²) in [7, 11) is 0. The molecule has 2 amide bonds. The van der Waals surface area contributed by atoms with Crippen LogP contribution >= 0.6 is 0 Å². The highest BCUT2D eigenvalue weighted by Gasteiger charge is 2.50. The van der Waals surface area contributed by atoms with Crippen LogP contribution in [0, 0.1) is 32.6 Å². The molecule has 2 atom stereocenters. The second kappa shape index (κ2) is 6.38. The molecule has 2 rings (SSSR count). The first kappa shape index (κ1) is 18.2. The van der Waals surface area contributed by atoms with Crippen molar-refractivity contribution in [1.82, 2.24) is 5.32 Å². The molecule has 0 aromatic heterocycles. The zero-order valence-corrected chi connectivity index (χ0v) is 15.5. The van der Waals surface area contributed by atoms with Gasteiger partial charge in [-0.2, -0.15) is 0 Å². The Morgan fingerprint density at radius 2 is 1.75 bits per heavy atom. The summed E-state index contributed by atoms with van der Waals surface area (Å²) in [5, 5.41) is 6.64. The van der Waals surface area contributed by atoms with Crippen molar-refractivity contribution in [2.75, 3.05) is 0 Å². The Labute approximate surface area is 143 Å². The third-order valence-electron chi connectivity index (χ3n) is 4.72. The van der Waals surface area contributed by atoms with Gasteiger partial charge in [-0.3, -0.25) is 14.9 Å². The Hall–Kier alpha value is -2.17. The minimum absolute atomic E-state index is 0.266. The maximum absolute atomic E-state index is 12.6. The predicted octanol–water partition coefficient (Wildman–Crippen LogP) is 3.04. The average molecular weight is 330 g/mol. The van der Waals surface area contributed by atoms with Crippen molar-refractivity contribution in [1.29, 1.82) is 0 Å². The number of nitrogens with zero attached hydrogens (tertiary/aromatic N) is 1. The fourth-order valence-corrected chi connectivity index (χ4v) is 3.03. The van der Waals surface area contributed by atoms with Crippen LogP contribution in [0.15, 0.2) is 17.3 Å². The van der Waals surface area contributed by atoms with Crippen LogP contribution in [-0.4, -0.2) is 23.1 Å². The van der Waals surface area contributed by atoms with Crippen LogP contribution in [0.2, 0.25) is 0 Å². The number of aryl methyl sites for hydroxylation is 3. The monoisotopic (exact) mass is 330 g/mol. The SMILES string of the molecule is Cc1cc(C)c(C2=NO[C@](C)(C(=O)NC(=O)C(C)C)[C@H]2C)c(C)c1. The van der Waals surface area contributed by atoms with Crippen molar-refractivity contribution >= 4 is 17.5 Å². The molecule has 0 saturated carbocycles. The molecule has 1 aromatic carbocycles. The fourth-order valence-electron chi connectivity index (χ4n) is 3.03. The Bertz CT molecular complexity index is 698. The summed E-state index contributed by atoms with van der Waals surface area (Å²) >= 11 is 0. The van der Waals surface area contributed by atoms with E-state index in [4.69, 9.17) is 4.84 Å². The van der Waals surface area contributed by atoms with Crippen molar-refractivity contribution < 1.29 is 14.4 Å². The molecule has 1 aliphatic heterocycles. The number of hydrogen-bond acceptors (Lipinski definition) is 4. The molecule has 0 aliphatic carbocycles. The number of carbonyl (C=O) groups excluding carboxylic acids is 2. The summed E-state index contributed by atoms with van der Waals surface area (Å²) in [6.07, 6.45) is 0. The van der Waals surface area contributed by atoms with Crippen LogP contribution in [0.4, 0.5) is 0 Å². The average Bonchev–Trinajstić information content (AvgIpc) is 2.76. The van der Waals surface area contributed by atoms with Gasteiger partial charge in [-0.05, 0) is 38.8 Å². The van der Waals surface area contributed by atoms with Crippen molar-refractivity contribution in [2.45, 2.75) is 54.1 Å². The van der Waals surface area contributed by atoms with Gasteiger partial charge in [0.1, 0.15) is 0 Å². The molecule has 0 radical (unpaired) electrons. The van der Waals surface area contributed by atoms with Crippen molar-refractivity contribution in [3.8, 4) is 0 Å². The molecule has 0 unspecified atom stereocenters. The highest BCUT2D eigenvalue weighted by molar-refractivity contribution is 6.10. The smallest absolute Gasteiger partial charge is 0.274 e. The summed E-state index contributed by atoms with van der Waals surface area (Å²) in [6.45, 7) is 13.2. The summed E-state index contributed by atoms with van der Waals surface area (Å²) in [5.74, 6) is -1.29. The van der Waals surface area contributed by atoms with Gasteiger partial charge < -0.3 is 4.84 Å². The zero-order chi connectivity index (χ0) is 18.2. The van der Waals surface area contributed by atoms with Crippen molar-refractivity contribution in [3.05, 3.63) is 34.4 Å². The molecule has 5 heteroatoms. The Balaban J connectivity index is 2.31. The van der Waals surface area contributed by atoms with Gasteiger partial charge in [0.05, 0.1) is 11.6 Å². The molecular formula is C19H26N2O3. The van der Waals surface area contributed by atoms with Crippen LogP contribution in [-0.2, 0) is 14.4 Å². The van der Waals surface area contributed by atoms with E-state index in [1.54, 1.807) is 20.8 Å². The molecule has 0 fully saturated rings. The fraction of sp³-hybridized carbons (Fsp3) is 0.526. The van der Waals surface area contributed by atoms with Crippen LogP contribution in [0.5, 0.6) is 0 Å². The molecule has 0 spiro atoms. The van der Waals surface area contributed by atoms with Gasteiger partial charge in [0.25, 0.3) is 5.91 Å². The lowest BCUT2D eigenvalue weighted by Crippen LogP contribution is -2.52. The normalized spacial score (nSPS) is 23.0. The highest BCUT2D eigenvalue weighted by Crippen LogP contribution is 2.35. The first-order valence-corrected chi connectivity index (χ1v) is 8.27. The topological polar surface area (TPSA) is 67.8 Å². The van der Waals surface area contributed by atoms with E-state index in [2.05, 4.69) is 29.5 Å². The number of carbonyl (C=O) groups is 2. The van der Waals surface area contributed by atoms with Crippen molar-refractivity contribution in [2.24, 2.45) is 17.0 Å². The van der Waals surface area contributed by atoms with Gasteiger partial charge in [-0.15, -0.1) is 0 Å². The van der Waals surface area contributed by atoms with Crippen LogP contribution in [0.1, 0.15) is 49.9 Å². The standard InChI is InChI=1S/C19H26N2O3/c1-10(2)17(22)20-18(23)19(7)14(6)16(21-24-19)15-12(4)8-11(3)9-13(15)5/h8-10,14H,1-7H3,(H,20,22,23)/t14-,19-/m0/s1. The quantitative estimate of drug-likeness (QED) is 0.926. The molecule has 0 saturated heterocycles. The van der Waals surface area contributed by atoms with E-state index in [1.807, 2.05) is 20.8 Å². The molecule has 5 nitrogen and oxygen atoms in total. The molecule has 1 N–H and O–H groups in total. The lowest BCUT2D eigenvalue weighted by atomic mass is 9.81. The Kier molecular flexibility index (Phi) is 4.83. The molecule has 0 bridgehead atoms. The minimum Gasteiger partial charge on any atom is -0.378 e. The van der Waals surface area contributed by atoms with E-state index in [0.29, 0.717) is 0 Å². The van der Waals surface area contributed by atoms with E-state index in [0.717, 1.165) is 22.4 Å². The number of nitrogens with one attached hydrogen (secondary N) is 1. The van der Waals surface area contributed by atoms with E-state index in [-0.39, 0.29) is 17.7 Å². The zero-order valence-electron chi connectivity index (χ0n) is 15.5. The predicted molar refractivity (Wildman–Crippen MR) is 93.8 cm³/mol. The van der Waals surface area contributed by atoms with E-state index >= 15 is 0 Å². The maximum atomic E-state index is 12.6. The number of hydrogen-bond donors (Lipinski definition) is 1. The van der Waals surface area contributed by atoms with Gasteiger partial charge in [-0.25, -0.2) is 0 Å². The van der Waals surface area contributed by atoms with Gasteiger partial charge in [-0.1, -0.05) is 43.6 Å². The largest absolute Gasteiger partial charge is 0.378 e. The first-order valence-electron chi connectivity index (χ1n) is 8.27. The number of oxime groups is 1. The minimum atomic E-state index is -1.19. The summed E-state index contributed by atoms with van der Waals surface area (Å²) in [5.41, 5.74) is 3.96. The number of benzene rings is 1. The van der Waals surface area contributed by atoms with Crippen LogP contribution in [0.25, 0.3) is 0 Å². The molecular weight excluding hydrogens is 304 g/mol. The third kappa shape index (κ3) is 3.07. The van der Waals surface area contributed by atoms with Gasteiger partial charge >= 0.3 is 0 Å². The van der Waals surface area contributed by atoms with Gasteiger partial charge in [0.15, 0.2) is 0 Å². The molecule has 130 valence electrons. The third-order valence-corrected chi connectivity index (χ3v) is 4.72. The first-order chi connectivity index (χ1) is 11.1. The maximum Gasteiger partial charge on any atom is 0.274 e. The molecule has 1 aromatic rings. The summed E-state index contributed by atoms with van der Waals surface area (Å²) < 4.78 is 0. The van der Waals surface area contributed by atoms with E-state index in [9.17, 15) is 9.59 Å². The second-order valence-corrected chi connectivity index (χ2v) is 7.14. The van der Waals surface area contributed by atoms with Gasteiger partial charge in [0, 0.05) is 11.5 Å². The second-order valence-electron chi connectivity index (χ2n) is 7.14.